The van der Waals surface area contributed by atoms with E-state index in [0.29, 0.717) is 10.4 Å². The predicted octanol–water partition coefficient (Wildman–Crippen LogP) is 4.27. The van der Waals surface area contributed by atoms with Gasteiger partial charge in [0.05, 0.1) is 5.56 Å². The highest BCUT2D eigenvalue weighted by molar-refractivity contribution is 9.10. The maximum atomic E-state index is 11.1. The third-order valence-corrected chi connectivity index (χ3v) is 4.76. The zero-order valence-electron chi connectivity index (χ0n) is 10.3. The summed E-state index contributed by atoms with van der Waals surface area (Å²) in [6.45, 7) is 4.08. The van der Waals surface area contributed by atoms with Crippen molar-refractivity contribution in [2.24, 2.45) is 0 Å². The summed E-state index contributed by atoms with van der Waals surface area (Å²) in [4.78, 5) is 16.3. The fraction of sp³-hybridized carbons (Fsp3) is 0.250. The van der Waals surface area contributed by atoms with Crippen molar-refractivity contribution in [3.63, 3.8) is 0 Å². The van der Waals surface area contributed by atoms with Crippen molar-refractivity contribution in [3.8, 4) is 0 Å². The van der Waals surface area contributed by atoms with Crippen molar-refractivity contribution in [1.82, 2.24) is 9.36 Å². The largest absolute Gasteiger partial charge is 0.478 e. The number of carboxylic acids is 1. The van der Waals surface area contributed by atoms with E-state index in [1.54, 1.807) is 12.1 Å². The van der Waals surface area contributed by atoms with Crippen LogP contribution < -0.4 is 0 Å². The fourth-order valence-corrected chi connectivity index (χ4v) is 3.51. The Labute approximate surface area is 127 Å². The lowest BCUT2D eigenvalue weighted by Crippen LogP contribution is -1.97. The van der Waals surface area contributed by atoms with Gasteiger partial charge in [-0.05, 0) is 45.7 Å². The molecule has 0 aliphatic carbocycles. The zero-order chi connectivity index (χ0) is 14.0. The highest BCUT2D eigenvalue weighted by Crippen LogP contribution is 2.32. The molecular formula is C12H11BrN2O2S2. The number of hydrogen-bond donors (Lipinski definition) is 1. The summed E-state index contributed by atoms with van der Waals surface area (Å²) >= 11 is 5.98. The fourth-order valence-electron chi connectivity index (χ4n) is 1.33. The van der Waals surface area contributed by atoms with Gasteiger partial charge in [0.25, 0.3) is 0 Å². The van der Waals surface area contributed by atoms with Crippen LogP contribution in [0, 0.1) is 0 Å². The second kappa shape index (κ2) is 6.02. The van der Waals surface area contributed by atoms with E-state index in [0.717, 1.165) is 15.1 Å². The van der Waals surface area contributed by atoms with Crippen molar-refractivity contribution < 1.29 is 9.90 Å². The smallest absolute Gasteiger partial charge is 0.336 e. The van der Waals surface area contributed by atoms with Crippen LogP contribution >= 0.6 is 39.2 Å². The van der Waals surface area contributed by atoms with Gasteiger partial charge in [0.1, 0.15) is 5.82 Å². The molecule has 1 aromatic heterocycles. The van der Waals surface area contributed by atoms with Crippen LogP contribution in [-0.2, 0) is 0 Å². The number of nitrogens with zero attached hydrogens (tertiary/aromatic N) is 2. The van der Waals surface area contributed by atoms with Crippen molar-refractivity contribution in [2.45, 2.75) is 29.0 Å². The number of rotatable bonds is 4. The minimum atomic E-state index is -0.950. The molecule has 0 amide bonds. The molecule has 0 bridgehead atoms. The van der Waals surface area contributed by atoms with E-state index < -0.39 is 5.97 Å². The number of carbonyl (C=O) groups is 1. The number of halogens is 1. The summed E-state index contributed by atoms with van der Waals surface area (Å²) in [6.07, 6.45) is 0. The molecule has 4 nitrogen and oxygen atoms in total. The van der Waals surface area contributed by atoms with Gasteiger partial charge >= 0.3 is 5.97 Å². The van der Waals surface area contributed by atoms with E-state index in [1.807, 2.05) is 19.9 Å². The van der Waals surface area contributed by atoms with Crippen LogP contribution in [0.2, 0.25) is 0 Å². The quantitative estimate of drug-likeness (QED) is 0.883. The molecule has 0 radical (unpaired) electrons. The number of aromatic nitrogens is 2. The van der Waals surface area contributed by atoms with Gasteiger partial charge in [-0.25, -0.2) is 9.78 Å². The average Bonchev–Trinajstić information content (AvgIpc) is 2.80. The van der Waals surface area contributed by atoms with Crippen LogP contribution in [0.5, 0.6) is 0 Å². The minimum Gasteiger partial charge on any atom is -0.478 e. The molecule has 0 spiro atoms. The maximum absolute atomic E-state index is 11.1. The van der Waals surface area contributed by atoms with Gasteiger partial charge in [0, 0.05) is 15.3 Å². The van der Waals surface area contributed by atoms with Crippen LogP contribution in [0.15, 0.2) is 31.9 Å². The third kappa shape index (κ3) is 3.55. The molecule has 100 valence electrons. The Morgan fingerprint density at radius 3 is 2.79 bits per heavy atom. The molecule has 0 fully saturated rings. The Bertz CT molecular complexity index is 614. The number of carboxylic acid groups (broad SMARTS) is 1. The highest BCUT2D eigenvalue weighted by Gasteiger charge is 2.12. The molecule has 0 unspecified atom stereocenters. The number of aromatic carboxylic acids is 1. The van der Waals surface area contributed by atoms with Gasteiger partial charge in [-0.15, -0.1) is 0 Å². The first-order valence-electron chi connectivity index (χ1n) is 5.51. The summed E-state index contributed by atoms with van der Waals surface area (Å²) < 4.78 is 5.67. The SMILES string of the molecule is CC(C)c1nsc(Sc2ccc(Br)c(C(=O)O)c2)n1. The molecule has 0 atom stereocenters. The van der Waals surface area contributed by atoms with E-state index in [9.17, 15) is 4.79 Å². The Morgan fingerprint density at radius 2 is 2.21 bits per heavy atom. The second-order valence-corrected chi connectivity index (χ2v) is 7.05. The molecule has 7 heteroatoms. The minimum absolute atomic E-state index is 0.249. The molecule has 1 N–H and O–H groups in total. The lowest BCUT2D eigenvalue weighted by atomic mass is 10.2. The van der Waals surface area contributed by atoms with Crippen LogP contribution in [0.4, 0.5) is 0 Å². The molecule has 0 saturated heterocycles. The molecule has 2 rings (SSSR count). The Hall–Kier alpha value is -0.920. The molecule has 19 heavy (non-hydrogen) atoms. The molecule has 0 aliphatic heterocycles. The summed E-state index contributed by atoms with van der Waals surface area (Å²) in [5, 5.41) is 9.07. The molecule has 0 aliphatic rings. The lowest BCUT2D eigenvalue weighted by molar-refractivity contribution is 0.0695. The first-order chi connectivity index (χ1) is 8.97. The van der Waals surface area contributed by atoms with Crippen LogP contribution in [0.3, 0.4) is 0 Å². The van der Waals surface area contributed by atoms with E-state index in [4.69, 9.17) is 5.11 Å². The summed E-state index contributed by atoms with van der Waals surface area (Å²) in [6, 6.07) is 5.22. The standard InChI is InChI=1S/C12H11BrN2O2S2/c1-6(2)10-14-12(19-15-10)18-7-3-4-9(13)8(5-7)11(16)17/h3-6H,1-2H3,(H,16,17). The maximum Gasteiger partial charge on any atom is 0.336 e. The van der Waals surface area contributed by atoms with E-state index in [2.05, 4.69) is 25.3 Å². The Morgan fingerprint density at radius 1 is 1.47 bits per heavy atom. The predicted molar refractivity (Wildman–Crippen MR) is 79.2 cm³/mol. The van der Waals surface area contributed by atoms with Gasteiger partial charge < -0.3 is 5.11 Å². The van der Waals surface area contributed by atoms with Crippen molar-refractivity contribution >= 4 is 45.2 Å². The Kier molecular flexibility index (Phi) is 4.59. The van der Waals surface area contributed by atoms with E-state index in [-0.39, 0.29) is 5.56 Å². The van der Waals surface area contributed by atoms with Crippen molar-refractivity contribution in [2.75, 3.05) is 0 Å². The molecule has 2 aromatic rings. The first kappa shape index (κ1) is 14.5. The van der Waals surface area contributed by atoms with Crippen LogP contribution in [0.1, 0.15) is 35.9 Å². The van der Waals surface area contributed by atoms with Crippen LogP contribution in [0.25, 0.3) is 0 Å². The monoisotopic (exact) mass is 358 g/mol. The molecule has 1 aromatic carbocycles. The molecular weight excluding hydrogens is 348 g/mol. The van der Waals surface area contributed by atoms with Gasteiger partial charge in [-0.2, -0.15) is 4.37 Å². The lowest BCUT2D eigenvalue weighted by Gasteiger charge is -2.02. The summed E-state index contributed by atoms with van der Waals surface area (Å²) in [5.74, 6) is 0.169. The summed E-state index contributed by atoms with van der Waals surface area (Å²) in [5.41, 5.74) is 0.249. The van der Waals surface area contributed by atoms with Crippen molar-refractivity contribution in [3.05, 3.63) is 34.1 Å². The third-order valence-electron chi connectivity index (χ3n) is 2.31. The van der Waals surface area contributed by atoms with Gasteiger partial charge in [-0.3, -0.25) is 0 Å². The molecule has 1 heterocycles. The van der Waals surface area contributed by atoms with E-state index in [1.165, 1.54) is 23.3 Å². The zero-order valence-corrected chi connectivity index (χ0v) is 13.5. The first-order valence-corrected chi connectivity index (χ1v) is 7.90. The topological polar surface area (TPSA) is 63.1 Å². The van der Waals surface area contributed by atoms with Gasteiger partial charge in [0.15, 0.2) is 4.34 Å². The second-order valence-electron chi connectivity index (χ2n) is 4.12. The van der Waals surface area contributed by atoms with Crippen molar-refractivity contribution in [1.29, 1.82) is 0 Å². The average molecular weight is 359 g/mol. The Balaban J connectivity index is 2.23. The normalized spacial score (nSPS) is 10.9. The van der Waals surface area contributed by atoms with Gasteiger partial charge in [-0.1, -0.05) is 25.6 Å². The number of hydrogen-bond acceptors (Lipinski definition) is 5. The van der Waals surface area contributed by atoms with Crippen LogP contribution in [-0.4, -0.2) is 20.4 Å². The summed E-state index contributed by atoms with van der Waals surface area (Å²) in [7, 11) is 0. The molecule has 0 saturated carbocycles. The highest BCUT2D eigenvalue weighted by atomic mass is 79.9. The van der Waals surface area contributed by atoms with E-state index >= 15 is 0 Å². The number of benzene rings is 1. The van der Waals surface area contributed by atoms with Gasteiger partial charge in [0.2, 0.25) is 0 Å².